The fourth-order valence-corrected chi connectivity index (χ4v) is 3.61. The normalized spacial score (nSPS) is 10.7. The number of halogens is 1. The monoisotopic (exact) mass is 416 g/mol. The van der Waals surface area contributed by atoms with Gasteiger partial charge in [0.25, 0.3) is 0 Å². The standard InChI is InChI=1S/C24H21FN4O2/c1-29-22(24(30)31-2)20(17-3-5-19(25)6-4-17)21(18-9-13-27-14-10-18)23(29)28-15-16-7-11-26-12-8-16/h3-14,28H,15H2,1-2H3. The summed E-state index contributed by atoms with van der Waals surface area (Å²) in [4.78, 5) is 21.0. The van der Waals surface area contributed by atoms with Crippen molar-refractivity contribution in [3.63, 3.8) is 0 Å². The summed E-state index contributed by atoms with van der Waals surface area (Å²) in [5.41, 5.74) is 4.47. The molecular formula is C24H21FN4O2. The predicted octanol–water partition coefficient (Wildman–Crippen LogP) is 4.69. The number of nitrogens with one attached hydrogen (secondary N) is 1. The van der Waals surface area contributed by atoms with Crippen molar-refractivity contribution in [1.29, 1.82) is 0 Å². The van der Waals surface area contributed by atoms with Crippen LogP contribution in [0, 0.1) is 5.82 Å². The minimum atomic E-state index is -0.478. The van der Waals surface area contributed by atoms with Crippen LogP contribution >= 0.6 is 0 Å². The zero-order valence-corrected chi connectivity index (χ0v) is 17.2. The molecule has 0 aliphatic rings. The van der Waals surface area contributed by atoms with E-state index in [-0.39, 0.29) is 5.82 Å². The number of esters is 1. The van der Waals surface area contributed by atoms with E-state index in [0.717, 1.165) is 22.5 Å². The molecule has 0 aliphatic heterocycles. The first-order valence-corrected chi connectivity index (χ1v) is 9.70. The fourth-order valence-electron chi connectivity index (χ4n) is 3.61. The van der Waals surface area contributed by atoms with Crippen molar-refractivity contribution in [1.82, 2.24) is 14.5 Å². The number of methoxy groups -OCH3 is 1. The van der Waals surface area contributed by atoms with Gasteiger partial charge in [-0.2, -0.15) is 0 Å². The number of pyridine rings is 2. The summed E-state index contributed by atoms with van der Waals surface area (Å²) >= 11 is 0. The summed E-state index contributed by atoms with van der Waals surface area (Å²) in [6, 6.07) is 13.7. The molecule has 0 spiro atoms. The van der Waals surface area contributed by atoms with Gasteiger partial charge in [0, 0.05) is 49.5 Å². The highest BCUT2D eigenvalue weighted by Crippen LogP contribution is 2.43. The molecule has 156 valence electrons. The number of carbonyl (C=O) groups excluding carboxylic acids is 1. The first-order valence-electron chi connectivity index (χ1n) is 9.70. The maximum absolute atomic E-state index is 13.6. The van der Waals surface area contributed by atoms with Crippen LogP contribution in [-0.4, -0.2) is 27.6 Å². The molecule has 4 rings (SSSR count). The van der Waals surface area contributed by atoms with Crippen LogP contribution in [0.15, 0.2) is 73.3 Å². The van der Waals surface area contributed by atoms with Gasteiger partial charge in [0.2, 0.25) is 0 Å². The van der Waals surface area contributed by atoms with E-state index in [2.05, 4.69) is 15.3 Å². The summed E-state index contributed by atoms with van der Waals surface area (Å²) < 4.78 is 20.5. The van der Waals surface area contributed by atoms with Crippen LogP contribution in [0.2, 0.25) is 0 Å². The largest absolute Gasteiger partial charge is 0.464 e. The molecule has 0 atom stereocenters. The van der Waals surface area contributed by atoms with Crippen LogP contribution in [0.4, 0.5) is 10.2 Å². The Bertz CT molecular complexity index is 1190. The number of nitrogens with zero attached hydrogens (tertiary/aromatic N) is 3. The number of aromatic nitrogens is 3. The number of anilines is 1. The number of hydrogen-bond donors (Lipinski definition) is 1. The molecule has 31 heavy (non-hydrogen) atoms. The molecule has 0 fully saturated rings. The van der Waals surface area contributed by atoms with Gasteiger partial charge in [0.1, 0.15) is 17.3 Å². The summed E-state index contributed by atoms with van der Waals surface area (Å²) in [6.07, 6.45) is 6.85. The van der Waals surface area contributed by atoms with Crippen molar-refractivity contribution in [2.75, 3.05) is 12.4 Å². The average molecular weight is 416 g/mol. The van der Waals surface area contributed by atoms with Gasteiger partial charge in [-0.15, -0.1) is 0 Å². The number of hydrogen-bond acceptors (Lipinski definition) is 5. The van der Waals surface area contributed by atoms with E-state index in [0.29, 0.717) is 23.4 Å². The molecule has 1 aromatic carbocycles. The summed E-state index contributed by atoms with van der Waals surface area (Å²) in [6.45, 7) is 0.530. The van der Waals surface area contributed by atoms with Gasteiger partial charge in [-0.25, -0.2) is 9.18 Å². The first kappa shape index (κ1) is 20.3. The third-order valence-corrected chi connectivity index (χ3v) is 5.08. The molecule has 4 aromatic rings. The van der Waals surface area contributed by atoms with Crippen molar-refractivity contribution in [3.05, 3.63) is 90.4 Å². The number of benzene rings is 1. The number of ether oxygens (including phenoxy) is 1. The molecule has 0 aliphatic carbocycles. The quantitative estimate of drug-likeness (QED) is 0.462. The minimum Gasteiger partial charge on any atom is -0.464 e. The summed E-state index contributed by atoms with van der Waals surface area (Å²) in [5, 5.41) is 3.45. The Hall–Kier alpha value is -4.00. The van der Waals surface area contributed by atoms with Gasteiger partial charge >= 0.3 is 5.97 Å². The first-order chi connectivity index (χ1) is 15.1. The third-order valence-electron chi connectivity index (χ3n) is 5.08. The van der Waals surface area contributed by atoms with Gasteiger partial charge in [-0.05, 0) is 53.1 Å². The van der Waals surface area contributed by atoms with Crippen LogP contribution in [0.3, 0.4) is 0 Å². The van der Waals surface area contributed by atoms with E-state index in [1.165, 1.54) is 19.2 Å². The van der Waals surface area contributed by atoms with E-state index >= 15 is 0 Å². The Kier molecular flexibility index (Phi) is 5.75. The molecule has 0 saturated carbocycles. The van der Waals surface area contributed by atoms with E-state index in [9.17, 15) is 9.18 Å². The molecule has 3 heterocycles. The van der Waals surface area contributed by atoms with Crippen molar-refractivity contribution in [3.8, 4) is 22.3 Å². The molecular weight excluding hydrogens is 395 g/mol. The second kappa shape index (κ2) is 8.79. The molecule has 0 saturated heterocycles. The van der Waals surface area contributed by atoms with Crippen molar-refractivity contribution < 1.29 is 13.9 Å². The lowest BCUT2D eigenvalue weighted by Gasteiger charge is -2.12. The van der Waals surface area contributed by atoms with Crippen LogP contribution in [0.1, 0.15) is 16.1 Å². The second-order valence-corrected chi connectivity index (χ2v) is 6.95. The van der Waals surface area contributed by atoms with Crippen LogP contribution < -0.4 is 5.32 Å². The van der Waals surface area contributed by atoms with Gasteiger partial charge in [0.05, 0.1) is 7.11 Å². The van der Waals surface area contributed by atoms with Gasteiger partial charge < -0.3 is 14.6 Å². The Labute approximate surface area is 179 Å². The smallest absolute Gasteiger partial charge is 0.355 e. The molecule has 0 bridgehead atoms. The van der Waals surface area contributed by atoms with Crippen molar-refractivity contribution in [2.45, 2.75) is 6.54 Å². The highest BCUT2D eigenvalue weighted by atomic mass is 19.1. The number of rotatable bonds is 6. The second-order valence-electron chi connectivity index (χ2n) is 6.95. The summed E-state index contributed by atoms with van der Waals surface area (Å²) in [5.74, 6) is -0.0855. The van der Waals surface area contributed by atoms with E-state index in [1.54, 1.807) is 48.5 Å². The highest BCUT2D eigenvalue weighted by molar-refractivity contribution is 6.05. The lowest BCUT2D eigenvalue weighted by atomic mass is 9.96. The van der Waals surface area contributed by atoms with E-state index < -0.39 is 5.97 Å². The Morgan fingerprint density at radius 3 is 2.13 bits per heavy atom. The van der Waals surface area contributed by atoms with Crippen LogP contribution in [-0.2, 0) is 18.3 Å². The molecule has 0 unspecified atom stereocenters. The van der Waals surface area contributed by atoms with Gasteiger partial charge in [-0.1, -0.05) is 12.1 Å². The third kappa shape index (κ3) is 4.02. The van der Waals surface area contributed by atoms with Crippen molar-refractivity contribution >= 4 is 11.8 Å². The average Bonchev–Trinajstić information content (AvgIpc) is 3.11. The molecule has 6 nitrogen and oxygen atoms in total. The van der Waals surface area contributed by atoms with Gasteiger partial charge in [-0.3, -0.25) is 9.97 Å². The van der Waals surface area contributed by atoms with E-state index in [1.807, 2.05) is 24.3 Å². The molecule has 0 amide bonds. The van der Waals surface area contributed by atoms with Crippen LogP contribution in [0.25, 0.3) is 22.3 Å². The van der Waals surface area contributed by atoms with Crippen LogP contribution in [0.5, 0.6) is 0 Å². The minimum absolute atomic E-state index is 0.346. The molecule has 1 N–H and O–H groups in total. The highest BCUT2D eigenvalue weighted by Gasteiger charge is 2.28. The van der Waals surface area contributed by atoms with Crippen molar-refractivity contribution in [2.24, 2.45) is 7.05 Å². The topological polar surface area (TPSA) is 69.0 Å². The SMILES string of the molecule is COC(=O)c1c(-c2ccc(F)cc2)c(-c2ccncc2)c(NCc2ccncc2)n1C. The lowest BCUT2D eigenvalue weighted by molar-refractivity contribution is 0.0591. The van der Waals surface area contributed by atoms with Gasteiger partial charge in [0.15, 0.2) is 0 Å². The molecule has 0 radical (unpaired) electrons. The zero-order chi connectivity index (χ0) is 21.8. The summed E-state index contributed by atoms with van der Waals surface area (Å²) in [7, 11) is 3.15. The predicted molar refractivity (Wildman–Crippen MR) is 117 cm³/mol. The Morgan fingerprint density at radius 2 is 1.52 bits per heavy atom. The van der Waals surface area contributed by atoms with E-state index in [4.69, 9.17) is 4.74 Å². The maximum Gasteiger partial charge on any atom is 0.355 e. The lowest BCUT2D eigenvalue weighted by Crippen LogP contribution is -2.11. The maximum atomic E-state index is 13.6. The Morgan fingerprint density at radius 1 is 0.935 bits per heavy atom. The fraction of sp³-hybridized carbons (Fsp3) is 0.125. The zero-order valence-electron chi connectivity index (χ0n) is 17.2. The number of carbonyl (C=O) groups is 1. The Balaban J connectivity index is 1.95. The molecule has 3 aromatic heterocycles. The molecule has 7 heteroatoms.